The molecule has 3 aromatic carbocycles. The molecule has 3 rings (SSSR count). The highest BCUT2D eigenvalue weighted by Crippen LogP contribution is 2.35. The Morgan fingerprint density at radius 1 is 0.688 bits per heavy atom. The standard InChI is InChI=1S/C28H34ClNOS/c1-18(2)23-16-25(19(3)4)28(26(17-23)20(5)6)32(31)30-27(21-10-8-7-9-11-21)22-12-14-24(29)15-13-22/h7-20,27,30H,1-6H3/t27-,32?/m1/s1. The lowest BCUT2D eigenvalue weighted by molar-refractivity contribution is 0.653. The van der Waals surface area contributed by atoms with Crippen LogP contribution in [0.15, 0.2) is 71.6 Å². The predicted octanol–water partition coefficient (Wildman–Crippen LogP) is 8.11. The Labute approximate surface area is 201 Å². The van der Waals surface area contributed by atoms with Crippen molar-refractivity contribution in [3.05, 3.63) is 99.6 Å². The summed E-state index contributed by atoms with van der Waals surface area (Å²) in [6.45, 7) is 13.1. The zero-order valence-electron chi connectivity index (χ0n) is 19.9. The first-order chi connectivity index (χ1) is 15.2. The van der Waals surface area contributed by atoms with Gasteiger partial charge in [0.05, 0.1) is 10.9 Å². The third kappa shape index (κ3) is 5.70. The van der Waals surface area contributed by atoms with Gasteiger partial charge in [0.2, 0.25) is 0 Å². The summed E-state index contributed by atoms with van der Waals surface area (Å²) in [6, 6.07) is 22.2. The number of nitrogens with one attached hydrogen (secondary N) is 1. The molecule has 0 spiro atoms. The number of hydrogen-bond donors (Lipinski definition) is 1. The van der Waals surface area contributed by atoms with Gasteiger partial charge < -0.3 is 0 Å². The van der Waals surface area contributed by atoms with Gasteiger partial charge in [-0.2, -0.15) is 0 Å². The maximum atomic E-state index is 14.0. The quantitative estimate of drug-likeness (QED) is 0.356. The first-order valence-corrected chi connectivity index (χ1v) is 12.9. The summed E-state index contributed by atoms with van der Waals surface area (Å²) < 4.78 is 17.4. The molecule has 0 radical (unpaired) electrons. The lowest BCUT2D eigenvalue weighted by Crippen LogP contribution is -2.26. The van der Waals surface area contributed by atoms with Gasteiger partial charge in [0.1, 0.15) is 11.0 Å². The minimum atomic E-state index is -1.39. The SMILES string of the molecule is CC(C)c1cc(C(C)C)c(S(=O)N[C@H](c2ccccc2)c2ccc(Cl)cc2)c(C(C)C)c1. The molecular formula is C28H34ClNOS. The van der Waals surface area contributed by atoms with Crippen LogP contribution in [0.1, 0.15) is 93.2 Å². The van der Waals surface area contributed by atoms with Crippen LogP contribution in [0.3, 0.4) is 0 Å². The molecule has 4 heteroatoms. The van der Waals surface area contributed by atoms with E-state index in [1.54, 1.807) is 0 Å². The largest absolute Gasteiger partial charge is 0.237 e. The molecule has 0 amide bonds. The number of benzene rings is 3. The van der Waals surface area contributed by atoms with Gasteiger partial charge >= 0.3 is 0 Å². The van der Waals surface area contributed by atoms with Crippen molar-refractivity contribution < 1.29 is 4.21 Å². The molecule has 0 aliphatic carbocycles. The second-order valence-electron chi connectivity index (χ2n) is 9.27. The fraction of sp³-hybridized carbons (Fsp3) is 0.357. The van der Waals surface area contributed by atoms with Gasteiger partial charge in [-0.15, -0.1) is 0 Å². The summed E-state index contributed by atoms with van der Waals surface area (Å²) >= 11 is 6.14. The van der Waals surface area contributed by atoms with E-state index in [4.69, 9.17) is 11.6 Å². The molecular weight excluding hydrogens is 434 g/mol. The third-order valence-electron chi connectivity index (χ3n) is 5.83. The maximum absolute atomic E-state index is 14.0. The molecule has 0 saturated carbocycles. The molecule has 0 heterocycles. The fourth-order valence-electron chi connectivity index (χ4n) is 3.90. The van der Waals surface area contributed by atoms with E-state index in [0.29, 0.717) is 10.9 Å². The smallest absolute Gasteiger partial charge is 0.126 e. The summed E-state index contributed by atoms with van der Waals surface area (Å²) in [5.41, 5.74) is 5.72. The van der Waals surface area contributed by atoms with Crippen molar-refractivity contribution in [1.29, 1.82) is 0 Å². The Balaban J connectivity index is 2.11. The van der Waals surface area contributed by atoms with Crippen LogP contribution in [0, 0.1) is 0 Å². The molecule has 2 nitrogen and oxygen atoms in total. The molecule has 0 bridgehead atoms. The number of hydrogen-bond acceptors (Lipinski definition) is 1. The van der Waals surface area contributed by atoms with Crippen molar-refractivity contribution in [2.45, 2.75) is 70.2 Å². The van der Waals surface area contributed by atoms with Crippen LogP contribution in [0.5, 0.6) is 0 Å². The van der Waals surface area contributed by atoms with Gasteiger partial charge in [-0.3, -0.25) is 0 Å². The van der Waals surface area contributed by atoms with Crippen molar-refractivity contribution in [3.8, 4) is 0 Å². The highest BCUT2D eigenvalue weighted by Gasteiger charge is 2.24. The topological polar surface area (TPSA) is 29.1 Å². The normalized spacial score (nSPS) is 13.7. The molecule has 0 saturated heterocycles. The first kappa shape index (κ1) is 24.7. The van der Waals surface area contributed by atoms with Crippen molar-refractivity contribution in [2.75, 3.05) is 0 Å². The Morgan fingerprint density at radius 2 is 1.19 bits per heavy atom. The average molecular weight is 468 g/mol. The Hall–Kier alpha value is -1.94. The zero-order valence-corrected chi connectivity index (χ0v) is 21.4. The molecule has 0 aliphatic heterocycles. The van der Waals surface area contributed by atoms with Crippen LogP contribution >= 0.6 is 11.6 Å². The summed E-state index contributed by atoms with van der Waals surface area (Å²) in [5.74, 6) is 0.974. The van der Waals surface area contributed by atoms with Crippen LogP contribution in [0.25, 0.3) is 0 Å². The van der Waals surface area contributed by atoms with Crippen molar-refractivity contribution >= 4 is 22.6 Å². The monoisotopic (exact) mass is 467 g/mol. The molecule has 1 unspecified atom stereocenters. The third-order valence-corrected chi connectivity index (χ3v) is 7.37. The molecule has 1 N–H and O–H groups in total. The van der Waals surface area contributed by atoms with Gasteiger partial charge in [0, 0.05) is 5.02 Å². The van der Waals surface area contributed by atoms with Crippen LogP contribution < -0.4 is 4.72 Å². The average Bonchev–Trinajstić information content (AvgIpc) is 2.77. The molecule has 0 fully saturated rings. The second-order valence-corrected chi connectivity index (χ2v) is 10.9. The molecule has 32 heavy (non-hydrogen) atoms. The molecule has 0 aliphatic rings. The van der Waals surface area contributed by atoms with E-state index < -0.39 is 11.0 Å². The Morgan fingerprint density at radius 3 is 1.66 bits per heavy atom. The fourth-order valence-corrected chi connectivity index (χ4v) is 5.65. The van der Waals surface area contributed by atoms with Crippen molar-refractivity contribution in [1.82, 2.24) is 4.72 Å². The molecule has 170 valence electrons. The minimum Gasteiger partial charge on any atom is -0.237 e. The van der Waals surface area contributed by atoms with Crippen LogP contribution in [-0.2, 0) is 11.0 Å². The molecule has 3 aromatic rings. The lowest BCUT2D eigenvalue weighted by atomic mass is 9.89. The second kappa shape index (κ2) is 10.8. The summed E-state index contributed by atoms with van der Waals surface area (Å²) in [7, 11) is -1.39. The van der Waals surface area contributed by atoms with E-state index in [0.717, 1.165) is 27.1 Å². The highest BCUT2D eigenvalue weighted by molar-refractivity contribution is 7.83. The van der Waals surface area contributed by atoms with Crippen LogP contribution in [0.2, 0.25) is 5.02 Å². The Kier molecular flexibility index (Phi) is 8.32. The van der Waals surface area contributed by atoms with Gasteiger partial charge in [0.25, 0.3) is 0 Å². The van der Waals surface area contributed by atoms with E-state index >= 15 is 0 Å². The van der Waals surface area contributed by atoms with E-state index in [-0.39, 0.29) is 17.9 Å². The van der Waals surface area contributed by atoms with Crippen LogP contribution in [-0.4, -0.2) is 4.21 Å². The van der Waals surface area contributed by atoms with Crippen molar-refractivity contribution in [2.24, 2.45) is 0 Å². The number of rotatable bonds is 8. The van der Waals surface area contributed by atoms with Gasteiger partial charge in [0.15, 0.2) is 0 Å². The van der Waals surface area contributed by atoms with E-state index in [9.17, 15) is 4.21 Å². The summed E-state index contributed by atoms with van der Waals surface area (Å²) in [5, 5.41) is 0.690. The van der Waals surface area contributed by atoms with E-state index in [2.05, 4.69) is 70.5 Å². The lowest BCUT2D eigenvalue weighted by Gasteiger charge is -2.25. The van der Waals surface area contributed by atoms with Gasteiger partial charge in [-0.25, -0.2) is 8.93 Å². The number of halogens is 1. The highest BCUT2D eigenvalue weighted by atomic mass is 35.5. The maximum Gasteiger partial charge on any atom is 0.126 e. The first-order valence-electron chi connectivity index (χ1n) is 11.3. The zero-order chi connectivity index (χ0) is 23.4. The van der Waals surface area contributed by atoms with E-state index in [1.165, 1.54) is 5.56 Å². The molecule has 0 aromatic heterocycles. The molecule has 2 atom stereocenters. The van der Waals surface area contributed by atoms with E-state index in [1.807, 2.05) is 42.5 Å². The summed E-state index contributed by atoms with van der Waals surface area (Å²) in [6.07, 6.45) is 0. The van der Waals surface area contributed by atoms with Crippen LogP contribution in [0.4, 0.5) is 0 Å². The van der Waals surface area contributed by atoms with Gasteiger partial charge in [-0.1, -0.05) is 108 Å². The van der Waals surface area contributed by atoms with Crippen molar-refractivity contribution in [3.63, 3.8) is 0 Å². The Bertz CT molecular complexity index is 1030. The predicted molar refractivity (Wildman–Crippen MR) is 138 cm³/mol. The minimum absolute atomic E-state index is 0.209. The van der Waals surface area contributed by atoms with Gasteiger partial charge in [-0.05, 0) is 57.7 Å². The summed E-state index contributed by atoms with van der Waals surface area (Å²) in [4.78, 5) is 0.925.